The third-order valence-electron chi connectivity index (χ3n) is 2.35. The first-order chi connectivity index (χ1) is 8.48. The molecule has 8 heteroatoms. The van der Waals surface area contributed by atoms with E-state index in [0.717, 1.165) is 6.26 Å². The minimum Gasteiger partial charge on any atom is -0.444 e. The number of hydrogen-bond acceptors (Lipinski definition) is 6. The van der Waals surface area contributed by atoms with E-state index in [0.29, 0.717) is 0 Å². The second kappa shape index (κ2) is 5.46. The Bertz CT molecular complexity index is 464. The maximum absolute atomic E-state index is 11.9. The van der Waals surface area contributed by atoms with Gasteiger partial charge in [-0.15, -0.1) is 0 Å². The lowest BCUT2D eigenvalue weighted by molar-refractivity contribution is -0.117. The van der Waals surface area contributed by atoms with E-state index < -0.39 is 27.9 Å². The van der Waals surface area contributed by atoms with Gasteiger partial charge in [0.25, 0.3) is 10.1 Å². The summed E-state index contributed by atoms with van der Waals surface area (Å²) in [6.07, 6.45) is 0.358. The van der Waals surface area contributed by atoms with E-state index in [1.165, 1.54) is 4.90 Å². The fourth-order valence-corrected chi connectivity index (χ4v) is 2.05. The van der Waals surface area contributed by atoms with Crippen molar-refractivity contribution >= 4 is 22.0 Å². The van der Waals surface area contributed by atoms with Crippen LogP contribution in [0, 0.1) is 0 Å². The number of carbonyl (C=O) groups excluding carboxylic acids is 2. The van der Waals surface area contributed by atoms with Gasteiger partial charge in [0.1, 0.15) is 5.60 Å². The molecular formula is C11H19NO6S. The highest BCUT2D eigenvalue weighted by molar-refractivity contribution is 7.85. The molecule has 110 valence electrons. The molecule has 0 radical (unpaired) electrons. The number of likely N-dealkylation sites (tertiary alicyclic amines) is 1. The van der Waals surface area contributed by atoms with Crippen LogP contribution >= 0.6 is 0 Å². The minimum atomic E-state index is -3.60. The van der Waals surface area contributed by atoms with Crippen LogP contribution in [0.2, 0.25) is 0 Å². The summed E-state index contributed by atoms with van der Waals surface area (Å²) in [4.78, 5) is 24.5. The molecule has 0 aliphatic carbocycles. The van der Waals surface area contributed by atoms with Gasteiger partial charge in [0.2, 0.25) is 0 Å². The minimum absolute atomic E-state index is 0.0767. The van der Waals surface area contributed by atoms with Gasteiger partial charge in [-0.25, -0.2) is 4.79 Å². The van der Waals surface area contributed by atoms with E-state index in [1.807, 2.05) is 0 Å². The van der Waals surface area contributed by atoms with Crippen LogP contribution in [0.4, 0.5) is 4.79 Å². The molecule has 19 heavy (non-hydrogen) atoms. The van der Waals surface area contributed by atoms with E-state index >= 15 is 0 Å². The Labute approximate surface area is 113 Å². The Morgan fingerprint density at radius 1 is 1.42 bits per heavy atom. The van der Waals surface area contributed by atoms with Crippen LogP contribution < -0.4 is 0 Å². The molecular weight excluding hydrogens is 274 g/mol. The highest BCUT2D eigenvalue weighted by Gasteiger charge is 2.37. The Morgan fingerprint density at radius 2 is 2.00 bits per heavy atom. The molecule has 1 amide bonds. The van der Waals surface area contributed by atoms with Crippen molar-refractivity contribution in [2.45, 2.75) is 38.8 Å². The van der Waals surface area contributed by atoms with Crippen molar-refractivity contribution in [2.24, 2.45) is 0 Å². The Balaban J connectivity index is 2.69. The van der Waals surface area contributed by atoms with Gasteiger partial charge in [-0.2, -0.15) is 8.42 Å². The van der Waals surface area contributed by atoms with Crippen LogP contribution in [-0.4, -0.2) is 56.2 Å². The number of amides is 1. The van der Waals surface area contributed by atoms with Crippen molar-refractivity contribution < 1.29 is 26.9 Å². The van der Waals surface area contributed by atoms with E-state index in [1.54, 1.807) is 20.8 Å². The average Bonchev–Trinajstić information content (AvgIpc) is 2.53. The fraction of sp³-hybridized carbons (Fsp3) is 0.818. The summed E-state index contributed by atoms with van der Waals surface area (Å²) in [5.41, 5.74) is -0.676. The van der Waals surface area contributed by atoms with Crippen LogP contribution in [0.5, 0.6) is 0 Å². The molecule has 0 aromatic carbocycles. The molecule has 1 saturated heterocycles. The number of nitrogens with zero attached hydrogens (tertiary/aromatic N) is 1. The monoisotopic (exact) mass is 293 g/mol. The van der Waals surface area contributed by atoms with Crippen molar-refractivity contribution in [3.63, 3.8) is 0 Å². The summed E-state index contributed by atoms with van der Waals surface area (Å²) in [6, 6.07) is -0.600. The van der Waals surface area contributed by atoms with E-state index in [-0.39, 0.29) is 25.4 Å². The third-order valence-corrected chi connectivity index (χ3v) is 2.92. The molecule has 1 aliphatic rings. The summed E-state index contributed by atoms with van der Waals surface area (Å²) in [5, 5.41) is 0. The Kier molecular flexibility index (Phi) is 4.57. The van der Waals surface area contributed by atoms with Gasteiger partial charge in [-0.3, -0.25) is 13.9 Å². The zero-order valence-electron chi connectivity index (χ0n) is 11.5. The third kappa shape index (κ3) is 5.56. The summed E-state index contributed by atoms with van der Waals surface area (Å²) < 4.78 is 31.7. The SMILES string of the molecule is CC(C)(C)OC(=O)N1CC(=O)C[C@@H]1COS(C)(=O)=O. The normalized spacial score (nSPS) is 20.7. The topological polar surface area (TPSA) is 90.0 Å². The maximum Gasteiger partial charge on any atom is 0.411 e. The van der Waals surface area contributed by atoms with Crippen molar-refractivity contribution in [1.82, 2.24) is 4.90 Å². The number of ether oxygens (including phenoxy) is 1. The van der Waals surface area contributed by atoms with Gasteiger partial charge in [0.15, 0.2) is 5.78 Å². The molecule has 1 atom stereocenters. The van der Waals surface area contributed by atoms with Crippen LogP contribution in [0.1, 0.15) is 27.2 Å². The standard InChI is InChI=1S/C11H19NO6S/c1-11(2,3)18-10(14)12-6-9(13)5-8(12)7-17-19(4,15)16/h8H,5-7H2,1-4H3/t8-/m1/s1. The summed E-state index contributed by atoms with van der Waals surface area (Å²) in [5.74, 6) is -0.145. The first-order valence-electron chi connectivity index (χ1n) is 5.84. The Morgan fingerprint density at radius 3 is 2.47 bits per heavy atom. The zero-order chi connectivity index (χ0) is 14.8. The smallest absolute Gasteiger partial charge is 0.411 e. The molecule has 7 nitrogen and oxygen atoms in total. The molecule has 0 spiro atoms. The lowest BCUT2D eigenvalue weighted by Gasteiger charge is -2.27. The number of Topliss-reactive ketones (excluding diaryl/α,β-unsaturated/α-hetero) is 1. The molecule has 0 unspecified atom stereocenters. The van der Waals surface area contributed by atoms with Crippen molar-refractivity contribution in [1.29, 1.82) is 0 Å². The lowest BCUT2D eigenvalue weighted by atomic mass is 10.2. The quantitative estimate of drug-likeness (QED) is 0.705. The Hall–Kier alpha value is -1.15. The first kappa shape index (κ1) is 15.9. The highest BCUT2D eigenvalue weighted by Crippen LogP contribution is 2.19. The zero-order valence-corrected chi connectivity index (χ0v) is 12.3. The van der Waals surface area contributed by atoms with Crippen LogP contribution in [0.15, 0.2) is 0 Å². The first-order valence-corrected chi connectivity index (χ1v) is 7.65. The number of ketones is 1. The van der Waals surface area contributed by atoms with E-state index in [2.05, 4.69) is 4.18 Å². The lowest BCUT2D eigenvalue weighted by Crippen LogP contribution is -2.42. The molecule has 1 fully saturated rings. The highest BCUT2D eigenvalue weighted by atomic mass is 32.2. The van der Waals surface area contributed by atoms with Gasteiger partial charge in [0, 0.05) is 6.42 Å². The number of hydrogen-bond donors (Lipinski definition) is 0. The molecule has 1 rings (SSSR count). The molecule has 1 aliphatic heterocycles. The van der Waals surface area contributed by atoms with E-state index in [4.69, 9.17) is 4.74 Å². The van der Waals surface area contributed by atoms with Gasteiger partial charge < -0.3 is 4.74 Å². The molecule has 0 saturated carbocycles. The van der Waals surface area contributed by atoms with E-state index in [9.17, 15) is 18.0 Å². The molecule has 0 aromatic heterocycles. The molecule has 0 bridgehead atoms. The van der Waals surface area contributed by atoms with Crippen LogP contribution in [0.3, 0.4) is 0 Å². The molecule has 1 heterocycles. The number of rotatable bonds is 3. The van der Waals surface area contributed by atoms with Crippen molar-refractivity contribution in [2.75, 3.05) is 19.4 Å². The number of carbonyl (C=O) groups is 2. The van der Waals surface area contributed by atoms with Crippen molar-refractivity contribution in [3.05, 3.63) is 0 Å². The fourth-order valence-electron chi connectivity index (χ4n) is 1.64. The van der Waals surface area contributed by atoms with Crippen LogP contribution in [0.25, 0.3) is 0 Å². The summed E-state index contributed by atoms with van der Waals surface area (Å²) in [6.45, 7) is 4.83. The largest absolute Gasteiger partial charge is 0.444 e. The average molecular weight is 293 g/mol. The predicted octanol–water partition coefficient (Wildman–Crippen LogP) is 0.541. The second-order valence-corrected chi connectivity index (χ2v) is 7.14. The van der Waals surface area contributed by atoms with Gasteiger partial charge in [-0.1, -0.05) is 0 Å². The van der Waals surface area contributed by atoms with Crippen LogP contribution in [-0.2, 0) is 23.8 Å². The molecule has 0 aromatic rings. The maximum atomic E-state index is 11.9. The van der Waals surface area contributed by atoms with Gasteiger partial charge in [-0.05, 0) is 20.8 Å². The second-order valence-electron chi connectivity index (χ2n) is 5.49. The predicted molar refractivity (Wildman–Crippen MR) is 67.1 cm³/mol. The van der Waals surface area contributed by atoms with Crippen molar-refractivity contribution in [3.8, 4) is 0 Å². The van der Waals surface area contributed by atoms with Gasteiger partial charge >= 0.3 is 6.09 Å². The summed E-state index contributed by atoms with van der Waals surface area (Å²) >= 11 is 0. The summed E-state index contributed by atoms with van der Waals surface area (Å²) in [7, 11) is -3.60. The molecule has 0 N–H and O–H groups in total. The van der Waals surface area contributed by atoms with Gasteiger partial charge in [0.05, 0.1) is 25.4 Å².